The van der Waals surface area contributed by atoms with Gasteiger partial charge in [0, 0.05) is 22.8 Å². The predicted octanol–water partition coefficient (Wildman–Crippen LogP) is 1.44. The van der Waals surface area contributed by atoms with Crippen LogP contribution >= 0.6 is 11.3 Å². The Morgan fingerprint density at radius 1 is 1.53 bits per heavy atom. The van der Waals surface area contributed by atoms with E-state index in [-0.39, 0.29) is 5.69 Å². The Bertz CT molecular complexity index is 557. The van der Waals surface area contributed by atoms with E-state index in [1.807, 2.05) is 0 Å². The minimum atomic E-state index is -1.05. The number of rotatable bonds is 6. The first kappa shape index (κ1) is 13.7. The van der Waals surface area contributed by atoms with Gasteiger partial charge in [-0.25, -0.2) is 4.79 Å². The number of aromatic nitrogens is 3. The second-order valence-corrected chi connectivity index (χ2v) is 5.64. The highest BCUT2D eigenvalue weighted by Gasteiger charge is 2.07. The van der Waals surface area contributed by atoms with Gasteiger partial charge in [0.2, 0.25) is 0 Å². The molecule has 2 heterocycles. The second kappa shape index (κ2) is 5.94. The molecule has 2 aromatic rings. The summed E-state index contributed by atoms with van der Waals surface area (Å²) in [5.74, 6) is -1.05. The van der Waals surface area contributed by atoms with E-state index in [9.17, 15) is 4.79 Å². The zero-order valence-electron chi connectivity index (χ0n) is 10.9. The van der Waals surface area contributed by atoms with Gasteiger partial charge in [0.1, 0.15) is 0 Å². The van der Waals surface area contributed by atoms with Crippen LogP contribution in [0.25, 0.3) is 0 Å². The van der Waals surface area contributed by atoms with Crippen LogP contribution in [0.3, 0.4) is 0 Å². The smallest absolute Gasteiger partial charge is 0.358 e. The molecule has 2 rings (SSSR count). The van der Waals surface area contributed by atoms with E-state index < -0.39 is 5.97 Å². The molecule has 0 aliphatic heterocycles. The number of carboxylic acids is 1. The Labute approximate surface area is 115 Å². The molecule has 0 fully saturated rings. The second-order valence-electron chi connectivity index (χ2n) is 4.30. The lowest BCUT2D eigenvalue weighted by molar-refractivity contribution is 0.0690. The van der Waals surface area contributed by atoms with Crippen LogP contribution in [-0.2, 0) is 13.1 Å². The van der Waals surface area contributed by atoms with Gasteiger partial charge in [-0.3, -0.25) is 4.68 Å². The topological polar surface area (TPSA) is 80.0 Å². The number of hydrogen-bond donors (Lipinski definition) is 2. The zero-order valence-corrected chi connectivity index (χ0v) is 11.7. The van der Waals surface area contributed by atoms with Gasteiger partial charge in [0.05, 0.1) is 12.7 Å². The Kier molecular flexibility index (Phi) is 4.28. The molecule has 0 radical (unpaired) electrons. The van der Waals surface area contributed by atoms with Crippen LogP contribution < -0.4 is 5.32 Å². The van der Waals surface area contributed by atoms with Crippen molar-refractivity contribution in [3.05, 3.63) is 33.3 Å². The summed E-state index contributed by atoms with van der Waals surface area (Å²) < 4.78 is 1.53. The van der Waals surface area contributed by atoms with Gasteiger partial charge in [0.25, 0.3) is 0 Å². The number of aryl methyl sites for hydroxylation is 2. The maximum absolute atomic E-state index is 10.6. The highest BCUT2D eigenvalue weighted by molar-refractivity contribution is 7.12. The van der Waals surface area contributed by atoms with Crippen molar-refractivity contribution in [3.63, 3.8) is 0 Å². The van der Waals surface area contributed by atoms with E-state index in [0.717, 1.165) is 13.1 Å². The lowest BCUT2D eigenvalue weighted by Crippen LogP contribution is -2.19. The quantitative estimate of drug-likeness (QED) is 0.783. The standard InChI is InChI=1S/C12H16N4O2S/c1-8-5-10(19-9(8)2)6-13-3-4-16-7-11(12(17)18)14-15-16/h5,7,13H,3-4,6H2,1-2H3,(H,17,18). The summed E-state index contributed by atoms with van der Waals surface area (Å²) in [6, 6.07) is 2.19. The first-order valence-corrected chi connectivity index (χ1v) is 6.78. The van der Waals surface area contributed by atoms with Crippen LogP contribution in [0, 0.1) is 13.8 Å². The van der Waals surface area contributed by atoms with Crippen LogP contribution in [0.4, 0.5) is 0 Å². The maximum Gasteiger partial charge on any atom is 0.358 e. The van der Waals surface area contributed by atoms with Gasteiger partial charge < -0.3 is 10.4 Å². The molecule has 102 valence electrons. The summed E-state index contributed by atoms with van der Waals surface area (Å²) in [5.41, 5.74) is 1.30. The third-order valence-electron chi connectivity index (χ3n) is 2.79. The molecule has 6 nitrogen and oxygen atoms in total. The number of nitrogens with zero attached hydrogens (tertiary/aromatic N) is 3. The van der Waals surface area contributed by atoms with Crippen molar-refractivity contribution >= 4 is 17.3 Å². The normalized spacial score (nSPS) is 10.8. The molecule has 19 heavy (non-hydrogen) atoms. The molecular formula is C12H16N4O2S. The summed E-state index contributed by atoms with van der Waals surface area (Å²) in [4.78, 5) is 13.3. The third-order valence-corrected chi connectivity index (χ3v) is 3.94. The summed E-state index contributed by atoms with van der Waals surface area (Å²) in [6.07, 6.45) is 1.43. The number of nitrogens with one attached hydrogen (secondary N) is 1. The number of carboxylic acid groups (broad SMARTS) is 1. The fraction of sp³-hybridized carbons (Fsp3) is 0.417. The summed E-state index contributed by atoms with van der Waals surface area (Å²) in [6.45, 7) is 6.37. The highest BCUT2D eigenvalue weighted by Crippen LogP contribution is 2.20. The Morgan fingerprint density at radius 3 is 2.89 bits per heavy atom. The maximum atomic E-state index is 10.6. The average Bonchev–Trinajstić information content (AvgIpc) is 2.93. The van der Waals surface area contributed by atoms with Crippen molar-refractivity contribution in [2.24, 2.45) is 0 Å². The van der Waals surface area contributed by atoms with E-state index in [2.05, 4.69) is 35.5 Å². The third kappa shape index (κ3) is 3.62. The van der Waals surface area contributed by atoms with Gasteiger partial charge in [-0.05, 0) is 25.5 Å². The minimum Gasteiger partial charge on any atom is -0.476 e. The SMILES string of the molecule is Cc1cc(CNCCn2cc(C(=O)O)nn2)sc1C. The number of hydrogen-bond acceptors (Lipinski definition) is 5. The first-order valence-electron chi connectivity index (χ1n) is 5.96. The van der Waals surface area contributed by atoms with Crippen LogP contribution in [0.1, 0.15) is 25.8 Å². The van der Waals surface area contributed by atoms with Crippen molar-refractivity contribution in [2.75, 3.05) is 6.54 Å². The predicted molar refractivity (Wildman–Crippen MR) is 72.5 cm³/mol. The number of carbonyl (C=O) groups is 1. The molecule has 0 spiro atoms. The van der Waals surface area contributed by atoms with Gasteiger partial charge >= 0.3 is 5.97 Å². The summed E-state index contributed by atoms with van der Waals surface area (Å²) >= 11 is 1.79. The molecule has 0 saturated heterocycles. The first-order chi connectivity index (χ1) is 9.06. The Hall–Kier alpha value is -1.73. The molecule has 0 aromatic carbocycles. The van der Waals surface area contributed by atoms with Gasteiger partial charge in [0.15, 0.2) is 5.69 Å². The van der Waals surface area contributed by atoms with Crippen molar-refractivity contribution in [1.29, 1.82) is 0 Å². The van der Waals surface area contributed by atoms with E-state index >= 15 is 0 Å². The van der Waals surface area contributed by atoms with E-state index in [0.29, 0.717) is 6.54 Å². The minimum absolute atomic E-state index is 0.0236. The van der Waals surface area contributed by atoms with Crippen LogP contribution in [0.15, 0.2) is 12.3 Å². The number of aromatic carboxylic acids is 1. The summed E-state index contributed by atoms with van der Waals surface area (Å²) in [7, 11) is 0. The van der Waals surface area contributed by atoms with Crippen LogP contribution in [-0.4, -0.2) is 32.6 Å². The van der Waals surface area contributed by atoms with E-state index in [1.54, 1.807) is 11.3 Å². The van der Waals surface area contributed by atoms with Crippen LogP contribution in [0.2, 0.25) is 0 Å². The fourth-order valence-corrected chi connectivity index (χ4v) is 2.67. The van der Waals surface area contributed by atoms with E-state index in [1.165, 1.54) is 26.2 Å². The van der Waals surface area contributed by atoms with E-state index in [4.69, 9.17) is 5.11 Å². The van der Waals surface area contributed by atoms with Gasteiger partial charge in [-0.2, -0.15) is 0 Å². The molecule has 0 bridgehead atoms. The molecule has 7 heteroatoms. The molecule has 0 aliphatic rings. The molecule has 0 amide bonds. The zero-order chi connectivity index (χ0) is 13.8. The molecular weight excluding hydrogens is 264 g/mol. The van der Waals surface area contributed by atoms with Crippen molar-refractivity contribution in [3.8, 4) is 0 Å². The molecule has 2 aromatic heterocycles. The molecule has 0 atom stereocenters. The monoisotopic (exact) mass is 280 g/mol. The Morgan fingerprint density at radius 2 is 2.32 bits per heavy atom. The molecule has 0 aliphatic carbocycles. The molecule has 0 saturated carbocycles. The van der Waals surface area contributed by atoms with Crippen molar-refractivity contribution in [1.82, 2.24) is 20.3 Å². The van der Waals surface area contributed by atoms with Crippen LogP contribution in [0.5, 0.6) is 0 Å². The largest absolute Gasteiger partial charge is 0.476 e. The summed E-state index contributed by atoms with van der Waals surface area (Å²) in [5, 5.41) is 19.3. The van der Waals surface area contributed by atoms with Crippen molar-refractivity contribution < 1.29 is 9.90 Å². The molecule has 2 N–H and O–H groups in total. The average molecular weight is 280 g/mol. The van der Waals surface area contributed by atoms with Gasteiger partial charge in [-0.1, -0.05) is 5.21 Å². The number of thiophene rings is 1. The Balaban J connectivity index is 1.75. The lowest BCUT2D eigenvalue weighted by Gasteiger charge is -2.02. The molecule has 0 unspecified atom stereocenters. The lowest BCUT2D eigenvalue weighted by atomic mass is 10.3. The van der Waals surface area contributed by atoms with Crippen molar-refractivity contribution in [2.45, 2.75) is 26.9 Å². The highest BCUT2D eigenvalue weighted by atomic mass is 32.1. The fourth-order valence-electron chi connectivity index (χ4n) is 1.65. The van der Waals surface area contributed by atoms with Gasteiger partial charge in [-0.15, -0.1) is 16.4 Å².